The number of piperidine rings is 1. The molecule has 2 heterocycles. The number of halogens is 1. The molecule has 5 heteroatoms. The molecule has 1 amide bonds. The molecule has 0 aromatic rings. The summed E-state index contributed by atoms with van der Waals surface area (Å²) in [5.41, 5.74) is 0.454. The van der Waals surface area contributed by atoms with Crippen molar-refractivity contribution in [3.05, 3.63) is 0 Å². The summed E-state index contributed by atoms with van der Waals surface area (Å²) in [6.45, 7) is 10.7. The predicted molar refractivity (Wildman–Crippen MR) is 80.7 cm³/mol. The summed E-state index contributed by atoms with van der Waals surface area (Å²) < 4.78 is 0. The third-order valence-electron chi connectivity index (χ3n) is 4.31. The van der Waals surface area contributed by atoms with Crippen LogP contribution in [0.15, 0.2) is 0 Å². The van der Waals surface area contributed by atoms with E-state index in [4.69, 9.17) is 0 Å². The average molecular weight is 290 g/mol. The molecule has 2 unspecified atom stereocenters. The maximum absolute atomic E-state index is 11.0. The van der Waals surface area contributed by atoms with Crippen LogP contribution >= 0.6 is 12.4 Å². The molecule has 112 valence electrons. The highest BCUT2D eigenvalue weighted by molar-refractivity contribution is 5.85. The molecule has 4 nitrogen and oxygen atoms in total. The molecule has 0 bridgehead atoms. The van der Waals surface area contributed by atoms with Crippen LogP contribution in [0.1, 0.15) is 33.1 Å². The molecule has 0 aromatic carbocycles. The number of hydrogen-bond acceptors (Lipinski definition) is 3. The van der Waals surface area contributed by atoms with Gasteiger partial charge in [-0.15, -0.1) is 12.4 Å². The summed E-state index contributed by atoms with van der Waals surface area (Å²) in [5, 5.41) is 6.43. The molecule has 2 fully saturated rings. The minimum atomic E-state index is 0. The third-order valence-corrected chi connectivity index (χ3v) is 4.31. The standard InChI is InChI=1S/C14H27N3O.ClH/c1-12(18)16-8-13-4-3-7-17(9-13)11-14(2)5-6-15-10-14;/h13,15H,3-11H2,1-2H3,(H,16,18);1H. The molecule has 2 saturated heterocycles. The molecule has 2 atom stereocenters. The predicted octanol–water partition coefficient (Wildman–Crippen LogP) is 1.26. The van der Waals surface area contributed by atoms with E-state index in [-0.39, 0.29) is 18.3 Å². The fourth-order valence-corrected chi connectivity index (χ4v) is 3.29. The number of hydrogen-bond donors (Lipinski definition) is 2. The van der Waals surface area contributed by atoms with Gasteiger partial charge in [-0.2, -0.15) is 0 Å². The number of likely N-dealkylation sites (tertiary alicyclic amines) is 1. The molecular weight excluding hydrogens is 262 g/mol. The first-order valence-corrected chi connectivity index (χ1v) is 7.25. The Labute approximate surface area is 123 Å². The van der Waals surface area contributed by atoms with Crippen molar-refractivity contribution in [3.8, 4) is 0 Å². The third kappa shape index (κ3) is 5.28. The van der Waals surface area contributed by atoms with Gasteiger partial charge < -0.3 is 15.5 Å². The zero-order valence-corrected chi connectivity index (χ0v) is 13.0. The van der Waals surface area contributed by atoms with E-state index < -0.39 is 0 Å². The molecule has 19 heavy (non-hydrogen) atoms. The lowest BCUT2D eigenvalue weighted by Crippen LogP contribution is -2.45. The van der Waals surface area contributed by atoms with Crippen LogP contribution in [-0.4, -0.2) is 50.1 Å². The lowest BCUT2D eigenvalue weighted by atomic mass is 9.87. The maximum Gasteiger partial charge on any atom is 0.216 e. The molecule has 0 spiro atoms. The first-order chi connectivity index (χ1) is 8.57. The highest BCUT2D eigenvalue weighted by atomic mass is 35.5. The van der Waals surface area contributed by atoms with Crippen molar-refractivity contribution in [1.82, 2.24) is 15.5 Å². The average Bonchev–Trinajstić information content (AvgIpc) is 2.73. The summed E-state index contributed by atoms with van der Waals surface area (Å²) >= 11 is 0. The number of rotatable bonds is 4. The molecule has 2 aliphatic heterocycles. The largest absolute Gasteiger partial charge is 0.356 e. The van der Waals surface area contributed by atoms with E-state index in [2.05, 4.69) is 22.5 Å². The summed E-state index contributed by atoms with van der Waals surface area (Å²) in [4.78, 5) is 13.6. The number of carbonyl (C=O) groups excluding carboxylic acids is 1. The van der Waals surface area contributed by atoms with Gasteiger partial charge in [0.25, 0.3) is 0 Å². The Morgan fingerprint density at radius 3 is 2.95 bits per heavy atom. The number of amides is 1. The van der Waals surface area contributed by atoms with Gasteiger partial charge in [0.2, 0.25) is 5.91 Å². The van der Waals surface area contributed by atoms with Crippen LogP contribution in [-0.2, 0) is 4.79 Å². The van der Waals surface area contributed by atoms with Crippen molar-refractivity contribution in [2.75, 3.05) is 39.3 Å². The first-order valence-electron chi connectivity index (χ1n) is 7.25. The van der Waals surface area contributed by atoms with E-state index in [0.717, 1.165) is 19.6 Å². The van der Waals surface area contributed by atoms with Crippen molar-refractivity contribution in [2.45, 2.75) is 33.1 Å². The lowest BCUT2D eigenvalue weighted by molar-refractivity contribution is -0.119. The smallest absolute Gasteiger partial charge is 0.216 e. The first kappa shape index (κ1) is 16.7. The highest BCUT2D eigenvalue weighted by Gasteiger charge is 2.32. The van der Waals surface area contributed by atoms with Crippen molar-refractivity contribution < 1.29 is 4.79 Å². The van der Waals surface area contributed by atoms with Crippen LogP contribution in [0.2, 0.25) is 0 Å². The van der Waals surface area contributed by atoms with Gasteiger partial charge in [-0.3, -0.25) is 4.79 Å². The van der Waals surface area contributed by atoms with Crippen molar-refractivity contribution in [3.63, 3.8) is 0 Å². The molecule has 0 aliphatic carbocycles. The topological polar surface area (TPSA) is 44.4 Å². The fourth-order valence-electron chi connectivity index (χ4n) is 3.29. The van der Waals surface area contributed by atoms with Crippen LogP contribution in [0.5, 0.6) is 0 Å². The Kier molecular flexibility index (Phi) is 6.57. The number of nitrogens with zero attached hydrogens (tertiary/aromatic N) is 1. The van der Waals surface area contributed by atoms with Gasteiger partial charge in [0.15, 0.2) is 0 Å². The van der Waals surface area contributed by atoms with Gasteiger partial charge in [0.05, 0.1) is 0 Å². The summed E-state index contributed by atoms with van der Waals surface area (Å²) in [6.07, 6.45) is 3.82. The summed E-state index contributed by atoms with van der Waals surface area (Å²) in [5.74, 6) is 0.736. The van der Waals surface area contributed by atoms with E-state index >= 15 is 0 Å². The zero-order chi connectivity index (χ0) is 13.0. The minimum absolute atomic E-state index is 0. The van der Waals surface area contributed by atoms with Crippen molar-refractivity contribution in [2.24, 2.45) is 11.3 Å². The van der Waals surface area contributed by atoms with Gasteiger partial charge in [0, 0.05) is 33.1 Å². The van der Waals surface area contributed by atoms with E-state index in [1.165, 1.54) is 38.9 Å². The normalized spacial score (nSPS) is 31.8. The quantitative estimate of drug-likeness (QED) is 0.819. The van der Waals surface area contributed by atoms with Crippen LogP contribution in [0, 0.1) is 11.3 Å². The van der Waals surface area contributed by atoms with Crippen molar-refractivity contribution >= 4 is 18.3 Å². The van der Waals surface area contributed by atoms with E-state index in [1.54, 1.807) is 6.92 Å². The second-order valence-electron chi connectivity index (χ2n) is 6.42. The Morgan fingerprint density at radius 1 is 1.53 bits per heavy atom. The van der Waals surface area contributed by atoms with Gasteiger partial charge in [-0.25, -0.2) is 0 Å². The number of nitrogens with one attached hydrogen (secondary N) is 2. The molecule has 2 rings (SSSR count). The fraction of sp³-hybridized carbons (Fsp3) is 0.929. The Hall–Kier alpha value is -0.320. The lowest BCUT2D eigenvalue weighted by Gasteiger charge is -2.37. The Morgan fingerprint density at radius 2 is 2.32 bits per heavy atom. The number of carbonyl (C=O) groups is 1. The van der Waals surface area contributed by atoms with Crippen LogP contribution < -0.4 is 10.6 Å². The van der Waals surface area contributed by atoms with Crippen molar-refractivity contribution in [1.29, 1.82) is 0 Å². The second kappa shape index (κ2) is 7.46. The highest BCUT2D eigenvalue weighted by Crippen LogP contribution is 2.27. The molecule has 0 radical (unpaired) electrons. The molecule has 0 aromatic heterocycles. The summed E-state index contributed by atoms with van der Waals surface area (Å²) in [7, 11) is 0. The van der Waals surface area contributed by atoms with E-state index in [1.807, 2.05) is 0 Å². The van der Waals surface area contributed by atoms with E-state index in [0.29, 0.717) is 11.3 Å². The van der Waals surface area contributed by atoms with Crippen LogP contribution in [0.3, 0.4) is 0 Å². The SMILES string of the molecule is CC(=O)NCC1CCCN(CC2(C)CCNC2)C1.Cl. The zero-order valence-electron chi connectivity index (χ0n) is 12.2. The molecule has 2 aliphatic rings. The Bertz CT molecular complexity index is 292. The minimum Gasteiger partial charge on any atom is -0.356 e. The summed E-state index contributed by atoms with van der Waals surface area (Å²) in [6, 6.07) is 0. The van der Waals surface area contributed by atoms with Gasteiger partial charge >= 0.3 is 0 Å². The van der Waals surface area contributed by atoms with Gasteiger partial charge in [-0.1, -0.05) is 6.92 Å². The van der Waals surface area contributed by atoms with E-state index in [9.17, 15) is 4.79 Å². The monoisotopic (exact) mass is 289 g/mol. The second-order valence-corrected chi connectivity index (χ2v) is 6.42. The molecular formula is C14H28ClN3O. The molecule has 0 saturated carbocycles. The van der Waals surface area contributed by atoms with Crippen LogP contribution in [0.25, 0.3) is 0 Å². The van der Waals surface area contributed by atoms with Crippen LogP contribution in [0.4, 0.5) is 0 Å². The maximum atomic E-state index is 11.0. The van der Waals surface area contributed by atoms with Gasteiger partial charge in [0.1, 0.15) is 0 Å². The van der Waals surface area contributed by atoms with Gasteiger partial charge in [-0.05, 0) is 43.7 Å². The molecule has 2 N–H and O–H groups in total. The Balaban J connectivity index is 0.00000180.